The van der Waals surface area contributed by atoms with Gasteiger partial charge in [-0.05, 0) is 51.0 Å². The quantitative estimate of drug-likeness (QED) is 0.366. The van der Waals surface area contributed by atoms with E-state index in [-0.39, 0.29) is 27.7 Å². The van der Waals surface area contributed by atoms with Gasteiger partial charge in [-0.15, -0.1) is 0 Å². The van der Waals surface area contributed by atoms with Crippen molar-refractivity contribution in [3.05, 3.63) is 57.0 Å². The average Bonchev–Trinajstić information content (AvgIpc) is 2.69. The number of thioether (sulfide) groups is 1. The highest BCUT2D eigenvalue weighted by molar-refractivity contribution is 8.00. The van der Waals surface area contributed by atoms with E-state index >= 15 is 0 Å². The topological polar surface area (TPSA) is 114 Å². The molecule has 0 aliphatic heterocycles. The van der Waals surface area contributed by atoms with Gasteiger partial charge in [-0.3, -0.25) is 9.59 Å². The summed E-state index contributed by atoms with van der Waals surface area (Å²) in [5.74, 6) is -0.858. The molecule has 2 heterocycles. The molecule has 30 heavy (non-hydrogen) atoms. The fourth-order valence-electron chi connectivity index (χ4n) is 2.90. The number of aryl methyl sites for hydroxylation is 3. The van der Waals surface area contributed by atoms with Gasteiger partial charge < -0.3 is 15.0 Å². The molecule has 1 aromatic carbocycles. The second kappa shape index (κ2) is 8.66. The summed E-state index contributed by atoms with van der Waals surface area (Å²) in [6.45, 7) is 7.29. The number of hydrogen-bond donors (Lipinski definition) is 2. The van der Waals surface area contributed by atoms with Crippen LogP contribution in [0.1, 0.15) is 34.1 Å². The molecule has 0 aliphatic carbocycles. The van der Waals surface area contributed by atoms with Crippen molar-refractivity contribution in [3.8, 4) is 0 Å². The van der Waals surface area contributed by atoms with Gasteiger partial charge in [0.25, 0.3) is 5.56 Å². The lowest BCUT2D eigenvalue weighted by Crippen LogP contribution is -2.24. The summed E-state index contributed by atoms with van der Waals surface area (Å²) >= 11 is 1.10. The van der Waals surface area contributed by atoms with Gasteiger partial charge in [0, 0.05) is 11.4 Å². The standard InChI is InChI=1S/C21H22N4O4S/c1-10-6-7-11(2)15(8-10)23-18(26)13(4)30-21-24-17-16(19(27)25-21)14(20(28)29-5)9-12(3)22-17/h6-9,13H,1-5H3,(H,23,26)(H,22,24,25,27). The van der Waals surface area contributed by atoms with E-state index in [4.69, 9.17) is 4.74 Å². The predicted octanol–water partition coefficient (Wildman–Crippen LogP) is 3.15. The van der Waals surface area contributed by atoms with Gasteiger partial charge in [0.2, 0.25) is 5.91 Å². The van der Waals surface area contributed by atoms with Gasteiger partial charge in [0.05, 0.1) is 23.3 Å². The number of nitrogens with zero attached hydrogens (tertiary/aromatic N) is 2. The largest absolute Gasteiger partial charge is 0.465 e. The minimum absolute atomic E-state index is 0.0595. The van der Waals surface area contributed by atoms with E-state index in [0.29, 0.717) is 5.69 Å². The number of aromatic nitrogens is 3. The van der Waals surface area contributed by atoms with Crippen molar-refractivity contribution in [2.24, 2.45) is 0 Å². The Balaban J connectivity index is 1.88. The molecule has 0 fully saturated rings. The van der Waals surface area contributed by atoms with Crippen LogP contribution in [-0.2, 0) is 9.53 Å². The van der Waals surface area contributed by atoms with E-state index in [1.165, 1.54) is 13.2 Å². The molecule has 2 aromatic heterocycles. The first-order valence-corrected chi connectivity index (χ1v) is 10.1. The lowest BCUT2D eigenvalue weighted by molar-refractivity contribution is -0.115. The number of methoxy groups -OCH3 is 1. The van der Waals surface area contributed by atoms with E-state index in [1.807, 2.05) is 32.0 Å². The van der Waals surface area contributed by atoms with E-state index in [0.717, 1.165) is 28.6 Å². The van der Waals surface area contributed by atoms with Gasteiger partial charge >= 0.3 is 5.97 Å². The molecular weight excluding hydrogens is 404 g/mol. The van der Waals surface area contributed by atoms with E-state index in [2.05, 4.69) is 20.3 Å². The van der Waals surface area contributed by atoms with Gasteiger partial charge in [-0.1, -0.05) is 23.9 Å². The Bertz CT molecular complexity index is 1210. The Morgan fingerprint density at radius 2 is 1.90 bits per heavy atom. The Kier molecular flexibility index (Phi) is 6.21. The lowest BCUT2D eigenvalue weighted by atomic mass is 10.1. The number of rotatable bonds is 5. The number of aromatic amines is 1. The molecule has 1 unspecified atom stereocenters. The molecule has 0 radical (unpaired) electrons. The molecule has 8 nitrogen and oxygen atoms in total. The van der Waals surface area contributed by atoms with Crippen molar-refractivity contribution in [1.82, 2.24) is 15.0 Å². The molecule has 0 aliphatic rings. The second-order valence-corrected chi connectivity index (χ2v) is 8.27. The number of anilines is 1. The molecule has 2 N–H and O–H groups in total. The number of amides is 1. The highest BCUT2D eigenvalue weighted by Crippen LogP contribution is 2.24. The van der Waals surface area contributed by atoms with Crippen LogP contribution in [0.25, 0.3) is 11.0 Å². The van der Waals surface area contributed by atoms with E-state index in [9.17, 15) is 14.4 Å². The van der Waals surface area contributed by atoms with Crippen molar-refractivity contribution < 1.29 is 14.3 Å². The monoisotopic (exact) mass is 426 g/mol. The number of benzene rings is 1. The third-order valence-corrected chi connectivity index (χ3v) is 5.48. The normalized spacial score (nSPS) is 11.9. The first kappa shape index (κ1) is 21.5. The molecule has 9 heteroatoms. The highest BCUT2D eigenvalue weighted by atomic mass is 32.2. The van der Waals surface area contributed by atoms with Crippen molar-refractivity contribution in [3.63, 3.8) is 0 Å². The molecule has 1 amide bonds. The highest BCUT2D eigenvalue weighted by Gasteiger charge is 2.20. The number of carbonyl (C=O) groups excluding carboxylic acids is 2. The van der Waals surface area contributed by atoms with Gasteiger partial charge in [0.15, 0.2) is 10.8 Å². The number of hydrogen-bond acceptors (Lipinski definition) is 7. The maximum atomic E-state index is 12.6. The van der Waals surface area contributed by atoms with Crippen LogP contribution in [0.5, 0.6) is 0 Å². The average molecular weight is 426 g/mol. The molecule has 156 valence electrons. The van der Waals surface area contributed by atoms with Crippen molar-refractivity contribution in [2.75, 3.05) is 12.4 Å². The maximum absolute atomic E-state index is 12.6. The smallest absolute Gasteiger partial charge is 0.338 e. The van der Waals surface area contributed by atoms with Crippen LogP contribution in [0.3, 0.4) is 0 Å². The van der Waals surface area contributed by atoms with E-state index in [1.54, 1.807) is 13.8 Å². The number of H-pyrrole nitrogens is 1. The van der Waals surface area contributed by atoms with Crippen LogP contribution >= 0.6 is 11.8 Å². The van der Waals surface area contributed by atoms with Crippen LogP contribution in [0.2, 0.25) is 0 Å². The van der Waals surface area contributed by atoms with Gasteiger partial charge in [-0.25, -0.2) is 14.8 Å². The zero-order chi connectivity index (χ0) is 22.0. The first-order valence-electron chi connectivity index (χ1n) is 9.24. The number of pyridine rings is 1. The summed E-state index contributed by atoms with van der Waals surface area (Å²) in [4.78, 5) is 48.5. The zero-order valence-electron chi connectivity index (χ0n) is 17.3. The van der Waals surface area contributed by atoms with Gasteiger partial charge in [-0.2, -0.15) is 0 Å². The minimum atomic E-state index is -0.639. The van der Waals surface area contributed by atoms with Crippen LogP contribution in [-0.4, -0.2) is 39.2 Å². The number of esters is 1. The maximum Gasteiger partial charge on any atom is 0.338 e. The minimum Gasteiger partial charge on any atom is -0.465 e. The summed E-state index contributed by atoms with van der Waals surface area (Å²) in [6.07, 6.45) is 0. The van der Waals surface area contributed by atoms with E-state index < -0.39 is 16.8 Å². The lowest BCUT2D eigenvalue weighted by Gasteiger charge is -2.14. The Labute approximate surface area is 177 Å². The van der Waals surface area contributed by atoms with Crippen molar-refractivity contribution in [1.29, 1.82) is 0 Å². The number of fused-ring (bicyclic) bond motifs is 1. The fraction of sp³-hybridized carbons (Fsp3) is 0.286. The summed E-state index contributed by atoms with van der Waals surface area (Å²) in [5, 5.41) is 2.68. The van der Waals surface area contributed by atoms with Crippen LogP contribution < -0.4 is 10.9 Å². The second-order valence-electron chi connectivity index (χ2n) is 6.94. The SMILES string of the molecule is COC(=O)c1cc(C)nc2nc(SC(C)C(=O)Nc3cc(C)ccc3C)[nH]c(=O)c12. The third kappa shape index (κ3) is 4.51. The Hall–Kier alpha value is -3.20. The Morgan fingerprint density at radius 3 is 2.60 bits per heavy atom. The summed E-state index contributed by atoms with van der Waals surface area (Å²) in [6, 6.07) is 7.31. The fourth-order valence-corrected chi connectivity index (χ4v) is 3.69. The van der Waals surface area contributed by atoms with Crippen LogP contribution in [0.4, 0.5) is 5.69 Å². The number of ether oxygens (including phenoxy) is 1. The Morgan fingerprint density at radius 1 is 1.17 bits per heavy atom. The third-order valence-electron chi connectivity index (χ3n) is 4.50. The predicted molar refractivity (Wildman–Crippen MR) is 116 cm³/mol. The van der Waals surface area contributed by atoms with Crippen LogP contribution in [0.15, 0.2) is 34.2 Å². The summed E-state index contributed by atoms with van der Waals surface area (Å²) < 4.78 is 4.75. The molecule has 0 spiro atoms. The molecule has 3 aromatic rings. The first-order chi connectivity index (χ1) is 14.2. The number of nitrogens with one attached hydrogen (secondary N) is 2. The molecule has 0 saturated carbocycles. The van der Waals surface area contributed by atoms with Gasteiger partial charge in [0.1, 0.15) is 0 Å². The molecule has 1 atom stereocenters. The van der Waals surface area contributed by atoms with Crippen molar-refractivity contribution in [2.45, 2.75) is 38.1 Å². The molecule has 3 rings (SSSR count). The van der Waals surface area contributed by atoms with Crippen LogP contribution in [0, 0.1) is 20.8 Å². The van der Waals surface area contributed by atoms with Crippen molar-refractivity contribution >= 4 is 40.4 Å². The summed E-state index contributed by atoms with van der Waals surface area (Å²) in [5.41, 5.74) is 2.98. The molecule has 0 bridgehead atoms. The number of carbonyl (C=O) groups is 2. The zero-order valence-corrected chi connectivity index (χ0v) is 18.1. The molecule has 0 saturated heterocycles. The summed E-state index contributed by atoms with van der Waals surface area (Å²) in [7, 11) is 1.24. The molecular formula is C21H22N4O4S.